The van der Waals surface area contributed by atoms with Crippen molar-refractivity contribution in [2.45, 2.75) is 36.1 Å². The van der Waals surface area contributed by atoms with Gasteiger partial charge in [-0.2, -0.15) is 0 Å². The maximum Gasteiger partial charge on any atom is 0.123 e. The Morgan fingerprint density at radius 2 is 2.00 bits per heavy atom. The average molecular weight is 281 g/mol. The topological polar surface area (TPSA) is 17.8 Å². The van der Waals surface area contributed by atoms with Crippen molar-refractivity contribution in [3.05, 3.63) is 30.1 Å². The Kier molecular flexibility index (Phi) is 2.25. The van der Waals surface area contributed by atoms with E-state index < -0.39 is 4.33 Å². The summed E-state index contributed by atoms with van der Waals surface area (Å²) < 4.78 is 1.83. The van der Waals surface area contributed by atoms with E-state index in [0.29, 0.717) is 11.8 Å². The first-order valence-corrected chi connectivity index (χ1v) is 7.24. The van der Waals surface area contributed by atoms with E-state index in [1.165, 1.54) is 24.2 Å². The second-order valence-corrected chi connectivity index (χ2v) is 7.05. The molecule has 0 amide bonds. The zero-order valence-electron chi connectivity index (χ0n) is 9.94. The number of aromatic nitrogens is 2. The van der Waals surface area contributed by atoms with Gasteiger partial charge in [0, 0.05) is 18.4 Å². The van der Waals surface area contributed by atoms with Gasteiger partial charge in [0.15, 0.2) is 0 Å². The molecule has 0 unspecified atom stereocenters. The number of nitrogens with zero attached hydrogens (tertiary/aromatic N) is 2. The van der Waals surface area contributed by atoms with Crippen molar-refractivity contribution < 1.29 is 0 Å². The minimum Gasteiger partial charge on any atom is -0.327 e. The number of benzene rings is 1. The molecule has 0 aliphatic heterocycles. The molecule has 0 N–H and O–H groups in total. The lowest BCUT2D eigenvalue weighted by Gasteiger charge is -2.08. The molecule has 1 atom stereocenters. The van der Waals surface area contributed by atoms with Gasteiger partial charge >= 0.3 is 0 Å². The molecule has 2 aliphatic rings. The van der Waals surface area contributed by atoms with Crippen LogP contribution in [-0.2, 0) is 6.54 Å². The van der Waals surface area contributed by atoms with Crippen molar-refractivity contribution in [3.63, 3.8) is 0 Å². The molecule has 18 heavy (non-hydrogen) atoms. The lowest BCUT2D eigenvalue weighted by molar-refractivity contribution is 0.607. The minimum atomic E-state index is -0.508. The molecule has 2 nitrogen and oxygen atoms in total. The third kappa shape index (κ3) is 1.74. The fourth-order valence-electron chi connectivity index (χ4n) is 2.63. The minimum absolute atomic E-state index is 0.371. The van der Waals surface area contributed by atoms with Crippen LogP contribution >= 0.6 is 23.2 Å². The van der Waals surface area contributed by atoms with Gasteiger partial charge in [0.2, 0.25) is 0 Å². The first-order valence-electron chi connectivity index (χ1n) is 6.48. The highest BCUT2D eigenvalue weighted by molar-refractivity contribution is 6.50. The van der Waals surface area contributed by atoms with E-state index in [0.717, 1.165) is 18.5 Å². The quantitative estimate of drug-likeness (QED) is 0.774. The van der Waals surface area contributed by atoms with Gasteiger partial charge in [0.25, 0.3) is 0 Å². The predicted octanol–water partition coefficient (Wildman–Crippen LogP) is 4.11. The van der Waals surface area contributed by atoms with Crippen LogP contribution in [0.2, 0.25) is 0 Å². The zero-order chi connectivity index (χ0) is 12.3. The summed E-state index contributed by atoms with van der Waals surface area (Å²) in [6.45, 7) is 0.902. The van der Waals surface area contributed by atoms with Crippen LogP contribution in [0.5, 0.6) is 0 Å². The maximum atomic E-state index is 6.15. The highest BCUT2D eigenvalue weighted by atomic mass is 35.5. The van der Waals surface area contributed by atoms with E-state index in [1.54, 1.807) is 0 Å². The van der Waals surface area contributed by atoms with E-state index >= 15 is 0 Å². The molecule has 2 fully saturated rings. The van der Waals surface area contributed by atoms with E-state index in [1.807, 2.05) is 6.07 Å². The zero-order valence-corrected chi connectivity index (χ0v) is 11.5. The number of alkyl halides is 2. The molecule has 2 saturated carbocycles. The first kappa shape index (κ1) is 11.1. The first-order chi connectivity index (χ1) is 8.65. The second-order valence-electron chi connectivity index (χ2n) is 5.51. The molecule has 4 heteroatoms. The molecule has 1 heterocycles. The molecule has 0 saturated heterocycles. The fraction of sp³-hybridized carbons (Fsp3) is 0.500. The van der Waals surface area contributed by atoms with Gasteiger partial charge in [-0.05, 0) is 31.4 Å². The summed E-state index contributed by atoms with van der Waals surface area (Å²) in [7, 11) is 0. The molecule has 1 aromatic carbocycles. The Labute approximate surface area is 116 Å². The number of halogens is 2. The molecule has 0 radical (unpaired) electrons. The molecule has 0 bridgehead atoms. The molecule has 2 aliphatic carbocycles. The van der Waals surface area contributed by atoms with Gasteiger partial charge in [0.1, 0.15) is 10.2 Å². The third-order valence-electron chi connectivity index (χ3n) is 3.99. The second kappa shape index (κ2) is 3.64. The summed E-state index contributed by atoms with van der Waals surface area (Å²) in [6.07, 6.45) is 3.43. The monoisotopic (exact) mass is 280 g/mol. The Bertz CT molecular complexity index is 613. The summed E-state index contributed by atoms with van der Waals surface area (Å²) in [5.41, 5.74) is 2.31. The van der Waals surface area contributed by atoms with Crippen LogP contribution in [-0.4, -0.2) is 13.9 Å². The molecule has 0 spiro atoms. The molecular weight excluding hydrogens is 267 g/mol. The number of rotatable bonds is 3. The standard InChI is InChI=1S/C14H14Cl2N2/c15-14(16)7-10(14)8-18-12-4-2-1-3-11(12)17-13(18)9-5-6-9/h1-4,9-10H,5-8H2/t10-/m1/s1. The molecule has 4 rings (SSSR count). The Morgan fingerprint density at radius 3 is 2.67 bits per heavy atom. The summed E-state index contributed by atoms with van der Waals surface area (Å²) in [4.78, 5) is 4.78. The summed E-state index contributed by atoms with van der Waals surface area (Å²) in [6, 6.07) is 8.33. The average Bonchev–Trinajstić information content (AvgIpc) is 3.23. The van der Waals surface area contributed by atoms with E-state index in [9.17, 15) is 0 Å². The van der Waals surface area contributed by atoms with Crippen molar-refractivity contribution in [1.82, 2.24) is 9.55 Å². The van der Waals surface area contributed by atoms with Gasteiger partial charge in [-0.3, -0.25) is 0 Å². The fourth-order valence-corrected chi connectivity index (χ4v) is 3.14. The number of fused-ring (bicyclic) bond motifs is 1. The van der Waals surface area contributed by atoms with Gasteiger partial charge in [-0.25, -0.2) is 4.98 Å². The van der Waals surface area contributed by atoms with Crippen molar-refractivity contribution in [1.29, 1.82) is 0 Å². The number of hydrogen-bond acceptors (Lipinski definition) is 1. The smallest absolute Gasteiger partial charge is 0.123 e. The van der Waals surface area contributed by atoms with Crippen molar-refractivity contribution in [3.8, 4) is 0 Å². The van der Waals surface area contributed by atoms with Gasteiger partial charge in [0.05, 0.1) is 11.0 Å². The summed E-state index contributed by atoms with van der Waals surface area (Å²) in [5, 5.41) is 0. The normalized spacial score (nSPS) is 25.6. The van der Waals surface area contributed by atoms with Crippen LogP contribution in [0.15, 0.2) is 24.3 Å². The van der Waals surface area contributed by atoms with Gasteiger partial charge < -0.3 is 4.57 Å². The lowest BCUT2D eigenvalue weighted by Crippen LogP contribution is -2.07. The largest absolute Gasteiger partial charge is 0.327 e. The van der Waals surface area contributed by atoms with Crippen LogP contribution in [0.25, 0.3) is 11.0 Å². The highest BCUT2D eigenvalue weighted by Crippen LogP contribution is 2.54. The summed E-state index contributed by atoms with van der Waals surface area (Å²) in [5.74, 6) is 2.25. The van der Waals surface area contributed by atoms with Crippen LogP contribution in [0.4, 0.5) is 0 Å². The van der Waals surface area contributed by atoms with Crippen molar-refractivity contribution in [2.75, 3.05) is 0 Å². The molecule has 1 aromatic heterocycles. The Hall–Kier alpha value is -0.730. The predicted molar refractivity (Wildman–Crippen MR) is 74.3 cm³/mol. The number of para-hydroxylation sites is 2. The van der Waals surface area contributed by atoms with Crippen LogP contribution < -0.4 is 0 Å². The van der Waals surface area contributed by atoms with Crippen molar-refractivity contribution in [2.24, 2.45) is 5.92 Å². The summed E-state index contributed by atoms with van der Waals surface area (Å²) >= 11 is 12.3. The van der Waals surface area contributed by atoms with Gasteiger partial charge in [-0.1, -0.05) is 12.1 Å². The van der Waals surface area contributed by atoms with E-state index in [4.69, 9.17) is 28.2 Å². The SMILES string of the molecule is ClC1(Cl)C[C@@H]1Cn1c(C2CC2)nc2ccccc21. The van der Waals surface area contributed by atoms with Crippen LogP contribution in [0.3, 0.4) is 0 Å². The maximum absolute atomic E-state index is 6.15. The Morgan fingerprint density at radius 1 is 1.28 bits per heavy atom. The number of hydrogen-bond donors (Lipinski definition) is 0. The molecule has 94 valence electrons. The van der Waals surface area contributed by atoms with E-state index in [2.05, 4.69) is 22.8 Å². The van der Waals surface area contributed by atoms with Crippen LogP contribution in [0.1, 0.15) is 31.0 Å². The number of imidazole rings is 1. The molecular formula is C14H14Cl2N2. The lowest BCUT2D eigenvalue weighted by atomic mass is 10.3. The van der Waals surface area contributed by atoms with Crippen molar-refractivity contribution >= 4 is 34.2 Å². The molecule has 2 aromatic rings. The Balaban J connectivity index is 1.78. The van der Waals surface area contributed by atoms with E-state index in [-0.39, 0.29) is 0 Å². The highest BCUT2D eigenvalue weighted by Gasteiger charge is 2.52. The third-order valence-corrected chi connectivity index (χ3v) is 4.91. The van der Waals surface area contributed by atoms with Crippen LogP contribution in [0, 0.1) is 5.92 Å². The van der Waals surface area contributed by atoms with Gasteiger partial charge in [-0.15, -0.1) is 23.2 Å².